The lowest BCUT2D eigenvalue weighted by Gasteiger charge is -2.03. The molecule has 2 aromatic heterocycles. The highest BCUT2D eigenvalue weighted by Crippen LogP contribution is 2.30. The van der Waals surface area contributed by atoms with Gasteiger partial charge < -0.3 is 11.1 Å². The summed E-state index contributed by atoms with van der Waals surface area (Å²) in [6, 6.07) is 2.02. The van der Waals surface area contributed by atoms with Crippen molar-refractivity contribution >= 4 is 23.1 Å². The summed E-state index contributed by atoms with van der Waals surface area (Å²) in [6.07, 6.45) is 5.12. The van der Waals surface area contributed by atoms with Crippen LogP contribution in [0, 0.1) is 0 Å². The number of nitrogens with one attached hydrogen (secondary N) is 1. The molecule has 0 bridgehead atoms. The zero-order valence-corrected chi connectivity index (χ0v) is 11.6. The zero-order chi connectivity index (χ0) is 13.4. The average Bonchev–Trinajstić information content (AvgIpc) is 3.04. The molecule has 3 rings (SSSR count). The van der Waals surface area contributed by atoms with Gasteiger partial charge in [-0.3, -0.25) is 9.48 Å². The Balaban J connectivity index is 1.66. The van der Waals surface area contributed by atoms with Crippen molar-refractivity contribution < 1.29 is 4.79 Å². The van der Waals surface area contributed by atoms with Gasteiger partial charge in [0.1, 0.15) is 5.82 Å². The quantitative estimate of drug-likeness (QED) is 0.892. The number of carbonyl (C=O) groups is 1. The van der Waals surface area contributed by atoms with E-state index >= 15 is 0 Å². The van der Waals surface area contributed by atoms with E-state index in [0.717, 1.165) is 23.3 Å². The maximum absolute atomic E-state index is 12.1. The van der Waals surface area contributed by atoms with Gasteiger partial charge >= 0.3 is 0 Å². The Morgan fingerprint density at radius 3 is 3.11 bits per heavy atom. The highest BCUT2D eigenvalue weighted by Gasteiger charge is 2.18. The summed E-state index contributed by atoms with van der Waals surface area (Å²) in [5, 5.41) is 6.95. The van der Waals surface area contributed by atoms with Crippen LogP contribution in [0.2, 0.25) is 0 Å². The predicted octanol–water partition coefficient (Wildman–Crippen LogP) is 1.48. The number of carbonyl (C=O) groups excluding carboxylic acids is 1. The van der Waals surface area contributed by atoms with Crippen molar-refractivity contribution in [1.82, 2.24) is 15.1 Å². The first-order valence-electron chi connectivity index (χ1n) is 6.31. The van der Waals surface area contributed by atoms with Gasteiger partial charge in [0.05, 0.1) is 11.1 Å². The van der Waals surface area contributed by atoms with E-state index in [0.29, 0.717) is 12.4 Å². The lowest BCUT2D eigenvalue weighted by Crippen LogP contribution is -2.22. The molecule has 1 aliphatic rings. The Labute approximate surface area is 115 Å². The molecule has 6 heteroatoms. The highest BCUT2D eigenvalue weighted by atomic mass is 32.1. The molecular formula is C13H16N4OS. The molecule has 5 nitrogen and oxygen atoms in total. The van der Waals surface area contributed by atoms with Crippen molar-refractivity contribution in [2.24, 2.45) is 7.05 Å². The molecular weight excluding hydrogens is 260 g/mol. The fraction of sp³-hybridized carbons (Fsp3) is 0.385. The zero-order valence-electron chi connectivity index (χ0n) is 10.8. The number of hydrogen-bond acceptors (Lipinski definition) is 4. The lowest BCUT2D eigenvalue weighted by atomic mass is 10.2. The Morgan fingerprint density at radius 1 is 1.58 bits per heavy atom. The summed E-state index contributed by atoms with van der Waals surface area (Å²) >= 11 is 1.61. The Morgan fingerprint density at radius 2 is 2.42 bits per heavy atom. The first kappa shape index (κ1) is 12.2. The minimum Gasteiger partial charge on any atom is -0.384 e. The summed E-state index contributed by atoms with van der Waals surface area (Å²) in [6.45, 7) is 0.418. The smallest absolute Gasteiger partial charge is 0.261 e. The molecule has 19 heavy (non-hydrogen) atoms. The van der Waals surface area contributed by atoms with Crippen LogP contribution in [-0.4, -0.2) is 15.7 Å². The van der Waals surface area contributed by atoms with Gasteiger partial charge in [0, 0.05) is 24.0 Å². The number of nitrogens with two attached hydrogens (primary N) is 1. The molecule has 100 valence electrons. The number of fused-ring (bicyclic) bond motifs is 1. The van der Waals surface area contributed by atoms with Gasteiger partial charge in [-0.05, 0) is 30.9 Å². The molecule has 0 unspecified atom stereocenters. The van der Waals surface area contributed by atoms with Gasteiger partial charge in [-0.25, -0.2) is 0 Å². The molecule has 1 aliphatic carbocycles. The molecule has 2 heterocycles. The molecule has 0 radical (unpaired) electrons. The molecule has 0 atom stereocenters. The summed E-state index contributed by atoms with van der Waals surface area (Å²) in [5.41, 5.74) is 8.03. The van der Waals surface area contributed by atoms with Gasteiger partial charge in [-0.2, -0.15) is 5.10 Å². The SMILES string of the molecule is Cn1ncc(CNC(=O)c2cc3c(s2)CCC3)c1N. The van der Waals surface area contributed by atoms with Crippen LogP contribution in [0.25, 0.3) is 0 Å². The van der Waals surface area contributed by atoms with Gasteiger partial charge in [-0.15, -0.1) is 11.3 Å². The molecule has 0 saturated carbocycles. The van der Waals surface area contributed by atoms with E-state index in [9.17, 15) is 4.79 Å². The topological polar surface area (TPSA) is 72.9 Å². The van der Waals surface area contributed by atoms with Crippen LogP contribution < -0.4 is 11.1 Å². The predicted molar refractivity (Wildman–Crippen MR) is 75.1 cm³/mol. The molecule has 0 fully saturated rings. The maximum atomic E-state index is 12.1. The second kappa shape index (κ2) is 4.70. The summed E-state index contributed by atoms with van der Waals surface area (Å²) in [5.74, 6) is 0.566. The molecule has 0 aromatic carbocycles. The van der Waals surface area contributed by atoms with Gasteiger partial charge in [0.15, 0.2) is 0 Å². The van der Waals surface area contributed by atoms with Gasteiger partial charge in [-0.1, -0.05) is 0 Å². The first-order valence-corrected chi connectivity index (χ1v) is 7.13. The number of nitrogen functional groups attached to an aromatic ring is 1. The summed E-state index contributed by atoms with van der Waals surface area (Å²) in [4.78, 5) is 14.2. The van der Waals surface area contributed by atoms with Crippen molar-refractivity contribution in [3.63, 3.8) is 0 Å². The molecule has 2 aromatic rings. The third-order valence-electron chi connectivity index (χ3n) is 3.47. The Kier molecular flexibility index (Phi) is 3.02. The van der Waals surface area contributed by atoms with E-state index in [4.69, 9.17) is 5.73 Å². The number of thiophene rings is 1. The third-order valence-corrected chi connectivity index (χ3v) is 4.71. The molecule has 0 aliphatic heterocycles. The van der Waals surface area contributed by atoms with E-state index in [2.05, 4.69) is 10.4 Å². The van der Waals surface area contributed by atoms with Crippen LogP contribution in [-0.2, 0) is 26.4 Å². The second-order valence-corrected chi connectivity index (χ2v) is 5.91. The number of rotatable bonds is 3. The summed E-state index contributed by atoms with van der Waals surface area (Å²) in [7, 11) is 1.78. The van der Waals surface area contributed by atoms with E-state index in [1.165, 1.54) is 16.9 Å². The number of nitrogens with zero attached hydrogens (tertiary/aromatic N) is 2. The number of amides is 1. The Hall–Kier alpha value is -1.82. The molecule has 1 amide bonds. The summed E-state index contributed by atoms with van der Waals surface area (Å²) < 4.78 is 1.60. The van der Waals surface area contributed by atoms with Crippen molar-refractivity contribution in [2.75, 3.05) is 5.73 Å². The largest absolute Gasteiger partial charge is 0.384 e. The van der Waals surface area contributed by atoms with E-state index in [-0.39, 0.29) is 5.91 Å². The number of hydrogen-bond donors (Lipinski definition) is 2. The number of aryl methyl sites for hydroxylation is 3. The average molecular weight is 276 g/mol. The monoisotopic (exact) mass is 276 g/mol. The lowest BCUT2D eigenvalue weighted by molar-refractivity contribution is 0.0955. The maximum Gasteiger partial charge on any atom is 0.261 e. The Bertz CT molecular complexity index is 607. The minimum atomic E-state index is -0.0253. The van der Waals surface area contributed by atoms with Crippen molar-refractivity contribution in [3.8, 4) is 0 Å². The van der Waals surface area contributed by atoms with Crippen molar-refractivity contribution in [3.05, 3.63) is 33.1 Å². The molecule has 0 spiro atoms. The van der Waals surface area contributed by atoms with Crippen LogP contribution in [0.5, 0.6) is 0 Å². The van der Waals surface area contributed by atoms with Crippen LogP contribution in [0.1, 0.15) is 32.1 Å². The standard InChI is InChI=1S/C13H16N4OS/c1-17-12(14)9(7-16-17)6-15-13(18)11-5-8-3-2-4-10(8)19-11/h5,7H,2-4,6,14H2,1H3,(H,15,18). The van der Waals surface area contributed by atoms with Crippen LogP contribution >= 0.6 is 11.3 Å². The second-order valence-electron chi connectivity index (χ2n) is 4.77. The van der Waals surface area contributed by atoms with Crippen molar-refractivity contribution in [1.29, 1.82) is 0 Å². The fourth-order valence-corrected chi connectivity index (χ4v) is 3.50. The third kappa shape index (κ3) is 2.23. The van der Waals surface area contributed by atoms with E-state index in [1.54, 1.807) is 29.3 Å². The normalized spacial score (nSPS) is 13.5. The van der Waals surface area contributed by atoms with E-state index < -0.39 is 0 Å². The van der Waals surface area contributed by atoms with Crippen LogP contribution in [0.15, 0.2) is 12.3 Å². The van der Waals surface area contributed by atoms with E-state index in [1.807, 2.05) is 6.07 Å². The number of aromatic nitrogens is 2. The highest BCUT2D eigenvalue weighted by molar-refractivity contribution is 7.14. The van der Waals surface area contributed by atoms with Crippen LogP contribution in [0.4, 0.5) is 5.82 Å². The van der Waals surface area contributed by atoms with Crippen LogP contribution in [0.3, 0.4) is 0 Å². The molecule has 0 saturated heterocycles. The molecule has 3 N–H and O–H groups in total. The first-order chi connectivity index (χ1) is 9.15. The van der Waals surface area contributed by atoms with Gasteiger partial charge in [0.25, 0.3) is 5.91 Å². The van der Waals surface area contributed by atoms with Gasteiger partial charge in [0.2, 0.25) is 0 Å². The minimum absolute atomic E-state index is 0.0253. The fourth-order valence-electron chi connectivity index (χ4n) is 2.33. The number of anilines is 1. The van der Waals surface area contributed by atoms with Crippen molar-refractivity contribution in [2.45, 2.75) is 25.8 Å².